The maximum atomic E-state index is 12.6. The van der Waals surface area contributed by atoms with Gasteiger partial charge in [-0.2, -0.15) is 0 Å². The van der Waals surface area contributed by atoms with Crippen molar-refractivity contribution in [3.63, 3.8) is 0 Å². The van der Waals surface area contributed by atoms with Gasteiger partial charge in [-0.05, 0) is 98.7 Å². The van der Waals surface area contributed by atoms with E-state index in [0.29, 0.717) is 11.2 Å². The van der Waals surface area contributed by atoms with Crippen LogP contribution < -0.4 is 0 Å². The molecule has 7 unspecified atom stereocenters. The Kier molecular flexibility index (Phi) is 3.16. The number of Topliss-reactive ketones (excluding diaryl/α,β-unsaturated/α-hetero) is 1. The fourth-order valence-corrected chi connectivity index (χ4v) is 8.38. The molecule has 1 heteroatoms. The molecule has 5 aliphatic carbocycles. The van der Waals surface area contributed by atoms with Gasteiger partial charge in [0.15, 0.2) is 0 Å². The van der Waals surface area contributed by atoms with E-state index in [-0.39, 0.29) is 5.41 Å². The standard InChI is InChI=1S/C22H34O/c1-14-9-12-22(15-3-4-15)16(13-14)5-6-17-18-7-8-20(23)21(18,2)11-10-19(17)22/h14-19H,3-13H2,1-2H3. The van der Waals surface area contributed by atoms with E-state index in [2.05, 4.69) is 13.8 Å². The number of hydrogen-bond donors (Lipinski definition) is 0. The molecule has 23 heavy (non-hydrogen) atoms. The zero-order valence-electron chi connectivity index (χ0n) is 15.2. The molecular weight excluding hydrogens is 280 g/mol. The van der Waals surface area contributed by atoms with Gasteiger partial charge in [-0.3, -0.25) is 4.79 Å². The third-order valence-electron chi connectivity index (χ3n) is 9.54. The van der Waals surface area contributed by atoms with Gasteiger partial charge in [0.05, 0.1) is 0 Å². The van der Waals surface area contributed by atoms with Gasteiger partial charge >= 0.3 is 0 Å². The Bertz CT molecular complexity index is 520. The number of carbonyl (C=O) groups excluding carboxylic acids is 1. The molecule has 5 rings (SSSR count). The molecule has 0 aromatic carbocycles. The number of ketones is 1. The summed E-state index contributed by atoms with van der Waals surface area (Å²) in [5.41, 5.74) is 0.781. The zero-order chi connectivity index (χ0) is 15.8. The van der Waals surface area contributed by atoms with Crippen LogP contribution in [0.2, 0.25) is 0 Å². The van der Waals surface area contributed by atoms with Crippen LogP contribution in [0.5, 0.6) is 0 Å². The molecule has 7 atom stereocenters. The summed E-state index contributed by atoms with van der Waals surface area (Å²) in [7, 11) is 0. The van der Waals surface area contributed by atoms with Crippen LogP contribution >= 0.6 is 0 Å². The van der Waals surface area contributed by atoms with Gasteiger partial charge in [0.2, 0.25) is 0 Å². The van der Waals surface area contributed by atoms with Crippen LogP contribution in [0.3, 0.4) is 0 Å². The van der Waals surface area contributed by atoms with E-state index in [1.54, 1.807) is 0 Å². The predicted octanol–water partition coefficient (Wildman–Crippen LogP) is 5.62. The second kappa shape index (κ2) is 4.85. The van der Waals surface area contributed by atoms with E-state index in [1.165, 1.54) is 64.2 Å². The van der Waals surface area contributed by atoms with E-state index < -0.39 is 0 Å². The summed E-state index contributed by atoms with van der Waals surface area (Å²) in [6.45, 7) is 4.83. The number of carbonyl (C=O) groups is 1. The summed E-state index contributed by atoms with van der Waals surface area (Å²) < 4.78 is 0. The van der Waals surface area contributed by atoms with Crippen molar-refractivity contribution in [1.82, 2.24) is 0 Å². The van der Waals surface area contributed by atoms with E-state index in [9.17, 15) is 4.79 Å². The molecule has 5 aliphatic rings. The molecule has 0 bridgehead atoms. The Labute approximate surface area is 142 Å². The van der Waals surface area contributed by atoms with Gasteiger partial charge in [0, 0.05) is 11.8 Å². The molecule has 5 saturated carbocycles. The fourth-order valence-electron chi connectivity index (χ4n) is 8.38. The minimum absolute atomic E-state index is 0.0701. The summed E-state index contributed by atoms with van der Waals surface area (Å²) >= 11 is 0. The van der Waals surface area contributed by atoms with Crippen molar-refractivity contribution in [2.75, 3.05) is 0 Å². The van der Waals surface area contributed by atoms with Crippen molar-refractivity contribution in [3.8, 4) is 0 Å². The Morgan fingerprint density at radius 3 is 2.43 bits per heavy atom. The van der Waals surface area contributed by atoms with Crippen LogP contribution in [0.15, 0.2) is 0 Å². The first kappa shape index (κ1) is 15.0. The Balaban J connectivity index is 1.51. The Hall–Kier alpha value is -0.330. The van der Waals surface area contributed by atoms with Gasteiger partial charge in [0.25, 0.3) is 0 Å². The monoisotopic (exact) mass is 314 g/mol. The van der Waals surface area contributed by atoms with Gasteiger partial charge < -0.3 is 0 Å². The zero-order valence-corrected chi connectivity index (χ0v) is 15.2. The highest BCUT2D eigenvalue weighted by Crippen LogP contribution is 2.71. The molecule has 0 spiro atoms. The molecule has 0 radical (unpaired) electrons. The molecule has 1 nitrogen and oxygen atoms in total. The second-order valence-electron chi connectivity index (χ2n) is 10.3. The minimum Gasteiger partial charge on any atom is -0.299 e. The third-order valence-corrected chi connectivity index (χ3v) is 9.54. The minimum atomic E-state index is 0.0701. The van der Waals surface area contributed by atoms with E-state index in [0.717, 1.165) is 41.9 Å². The molecule has 0 aromatic heterocycles. The van der Waals surface area contributed by atoms with Gasteiger partial charge in [-0.15, -0.1) is 0 Å². The average Bonchev–Trinajstić information content (AvgIpc) is 3.34. The van der Waals surface area contributed by atoms with Crippen LogP contribution in [0.25, 0.3) is 0 Å². The first-order valence-corrected chi connectivity index (χ1v) is 10.6. The molecule has 0 heterocycles. The lowest BCUT2D eigenvalue weighted by molar-refractivity contribution is -0.147. The smallest absolute Gasteiger partial charge is 0.139 e. The summed E-state index contributed by atoms with van der Waals surface area (Å²) in [6, 6.07) is 0. The topological polar surface area (TPSA) is 17.1 Å². The van der Waals surface area contributed by atoms with Crippen molar-refractivity contribution in [2.24, 2.45) is 46.3 Å². The third kappa shape index (κ3) is 1.89. The molecular formula is C22H34O. The van der Waals surface area contributed by atoms with Crippen LogP contribution in [-0.4, -0.2) is 5.78 Å². The van der Waals surface area contributed by atoms with Crippen LogP contribution in [0, 0.1) is 46.3 Å². The van der Waals surface area contributed by atoms with Crippen molar-refractivity contribution in [2.45, 2.75) is 84.5 Å². The molecule has 0 amide bonds. The average molecular weight is 315 g/mol. The largest absolute Gasteiger partial charge is 0.299 e. The summed E-state index contributed by atoms with van der Waals surface area (Å²) in [5, 5.41) is 0. The van der Waals surface area contributed by atoms with Crippen molar-refractivity contribution >= 4 is 5.78 Å². The van der Waals surface area contributed by atoms with Crippen LogP contribution in [0.1, 0.15) is 84.5 Å². The van der Waals surface area contributed by atoms with Gasteiger partial charge in [0.1, 0.15) is 5.78 Å². The van der Waals surface area contributed by atoms with Crippen molar-refractivity contribution in [1.29, 1.82) is 0 Å². The van der Waals surface area contributed by atoms with Crippen molar-refractivity contribution < 1.29 is 4.79 Å². The highest BCUT2D eigenvalue weighted by Gasteiger charge is 2.64. The Morgan fingerprint density at radius 1 is 0.870 bits per heavy atom. The summed E-state index contributed by atoms with van der Waals surface area (Å²) in [5.74, 6) is 6.28. The summed E-state index contributed by atoms with van der Waals surface area (Å²) in [6.07, 6.45) is 15.2. The second-order valence-corrected chi connectivity index (χ2v) is 10.3. The Morgan fingerprint density at radius 2 is 1.65 bits per heavy atom. The first-order valence-electron chi connectivity index (χ1n) is 10.6. The molecule has 5 fully saturated rings. The number of rotatable bonds is 1. The molecule has 0 N–H and O–H groups in total. The molecule has 0 aromatic rings. The lowest BCUT2D eigenvalue weighted by atomic mass is 9.43. The predicted molar refractivity (Wildman–Crippen MR) is 92.9 cm³/mol. The highest BCUT2D eigenvalue weighted by atomic mass is 16.1. The first-order chi connectivity index (χ1) is 11.1. The lowest BCUT2D eigenvalue weighted by Gasteiger charge is -2.62. The van der Waals surface area contributed by atoms with E-state index in [1.807, 2.05) is 0 Å². The van der Waals surface area contributed by atoms with E-state index >= 15 is 0 Å². The molecule has 0 aliphatic heterocycles. The van der Waals surface area contributed by atoms with Gasteiger partial charge in [-0.1, -0.05) is 20.3 Å². The quantitative estimate of drug-likeness (QED) is 0.613. The summed E-state index contributed by atoms with van der Waals surface area (Å²) in [4.78, 5) is 12.6. The van der Waals surface area contributed by atoms with Crippen LogP contribution in [0.4, 0.5) is 0 Å². The van der Waals surface area contributed by atoms with Crippen molar-refractivity contribution in [3.05, 3.63) is 0 Å². The maximum Gasteiger partial charge on any atom is 0.139 e. The van der Waals surface area contributed by atoms with Crippen LogP contribution in [-0.2, 0) is 4.79 Å². The highest BCUT2D eigenvalue weighted by molar-refractivity contribution is 5.87. The number of hydrogen-bond acceptors (Lipinski definition) is 1. The SMILES string of the molecule is CC1CCC2(C3CC3)C(CCC3C4CCC(=O)C4(C)CCC32)C1. The maximum absolute atomic E-state index is 12.6. The molecule has 0 saturated heterocycles. The number of fused-ring (bicyclic) bond motifs is 5. The van der Waals surface area contributed by atoms with Gasteiger partial charge in [-0.25, -0.2) is 0 Å². The molecule has 128 valence electrons. The van der Waals surface area contributed by atoms with E-state index in [4.69, 9.17) is 0 Å². The lowest BCUT2D eigenvalue weighted by Crippen LogP contribution is -2.55. The normalized spacial score (nSPS) is 55.9. The fraction of sp³-hybridized carbons (Fsp3) is 0.955.